The van der Waals surface area contributed by atoms with E-state index in [1.165, 1.54) is 0 Å². The van der Waals surface area contributed by atoms with Crippen molar-refractivity contribution < 1.29 is 4.84 Å². The molecule has 20 heavy (non-hydrogen) atoms. The Bertz CT molecular complexity index is 620. The maximum atomic E-state index is 5.65. The standard InChI is InChI=1S/C17H16N2O/c1-19-17(15-10-6-3-7-11-15)18-16(20-19)13-12-14-8-4-2-5-9-14/h2-13,17H,1H3/b13-12+/t17-/m1/s1. The molecular formula is C17H16N2O. The van der Waals surface area contributed by atoms with E-state index in [2.05, 4.69) is 17.1 Å². The molecule has 0 radical (unpaired) electrons. The van der Waals surface area contributed by atoms with Gasteiger partial charge in [-0.1, -0.05) is 60.7 Å². The van der Waals surface area contributed by atoms with Crippen molar-refractivity contribution in [3.63, 3.8) is 0 Å². The predicted molar refractivity (Wildman–Crippen MR) is 80.9 cm³/mol. The van der Waals surface area contributed by atoms with Gasteiger partial charge >= 0.3 is 0 Å². The molecule has 0 bridgehead atoms. The summed E-state index contributed by atoms with van der Waals surface area (Å²) in [6, 6.07) is 20.2. The maximum Gasteiger partial charge on any atom is 0.235 e. The van der Waals surface area contributed by atoms with Crippen molar-refractivity contribution in [1.29, 1.82) is 0 Å². The lowest BCUT2D eigenvalue weighted by molar-refractivity contribution is -0.0567. The molecule has 0 fully saturated rings. The number of benzene rings is 2. The first kappa shape index (κ1) is 12.6. The molecule has 0 spiro atoms. The fourth-order valence-electron chi connectivity index (χ4n) is 2.14. The Kier molecular flexibility index (Phi) is 3.61. The van der Waals surface area contributed by atoms with E-state index in [0.717, 1.165) is 11.1 Å². The van der Waals surface area contributed by atoms with E-state index in [0.29, 0.717) is 5.90 Å². The highest BCUT2D eigenvalue weighted by Crippen LogP contribution is 2.26. The first-order valence-corrected chi connectivity index (χ1v) is 6.59. The summed E-state index contributed by atoms with van der Waals surface area (Å²) in [5.74, 6) is 0.630. The minimum Gasteiger partial charge on any atom is -0.384 e. The molecule has 0 saturated heterocycles. The smallest absolute Gasteiger partial charge is 0.235 e. The van der Waals surface area contributed by atoms with Gasteiger partial charge in [0, 0.05) is 13.1 Å². The zero-order valence-corrected chi connectivity index (χ0v) is 11.3. The van der Waals surface area contributed by atoms with Gasteiger partial charge in [-0.15, -0.1) is 5.06 Å². The number of hydrogen-bond donors (Lipinski definition) is 0. The molecule has 3 heteroatoms. The first-order chi connectivity index (χ1) is 9.83. The second-order valence-electron chi connectivity index (χ2n) is 4.63. The second-order valence-corrected chi connectivity index (χ2v) is 4.63. The number of nitrogens with zero attached hydrogens (tertiary/aromatic N) is 2. The minimum atomic E-state index is -0.0772. The molecule has 3 rings (SSSR count). The van der Waals surface area contributed by atoms with Crippen molar-refractivity contribution >= 4 is 12.0 Å². The number of hydrogen-bond acceptors (Lipinski definition) is 3. The Morgan fingerprint density at radius 2 is 1.60 bits per heavy atom. The van der Waals surface area contributed by atoms with Crippen LogP contribution in [0.2, 0.25) is 0 Å². The zero-order chi connectivity index (χ0) is 13.8. The lowest BCUT2D eigenvalue weighted by Gasteiger charge is -2.15. The van der Waals surface area contributed by atoms with Gasteiger partial charge < -0.3 is 4.84 Å². The van der Waals surface area contributed by atoms with E-state index < -0.39 is 0 Å². The molecule has 1 aliphatic rings. The topological polar surface area (TPSA) is 24.8 Å². The summed E-state index contributed by atoms with van der Waals surface area (Å²) < 4.78 is 0. The molecule has 0 saturated carbocycles. The largest absolute Gasteiger partial charge is 0.384 e. The maximum absolute atomic E-state index is 5.65. The van der Waals surface area contributed by atoms with E-state index in [4.69, 9.17) is 4.84 Å². The van der Waals surface area contributed by atoms with Gasteiger partial charge in [-0.05, 0) is 17.2 Å². The third-order valence-corrected chi connectivity index (χ3v) is 3.15. The molecule has 1 heterocycles. The Morgan fingerprint density at radius 1 is 0.950 bits per heavy atom. The minimum absolute atomic E-state index is 0.0772. The van der Waals surface area contributed by atoms with Crippen molar-refractivity contribution in [3.8, 4) is 0 Å². The van der Waals surface area contributed by atoms with Gasteiger partial charge in [-0.2, -0.15) is 0 Å². The van der Waals surface area contributed by atoms with Gasteiger partial charge in [0.25, 0.3) is 0 Å². The molecule has 0 N–H and O–H groups in total. The van der Waals surface area contributed by atoms with Crippen LogP contribution in [-0.2, 0) is 4.84 Å². The van der Waals surface area contributed by atoms with Gasteiger partial charge in [-0.25, -0.2) is 4.99 Å². The molecule has 100 valence electrons. The van der Waals surface area contributed by atoms with Crippen LogP contribution in [-0.4, -0.2) is 18.0 Å². The highest BCUT2D eigenvalue weighted by atomic mass is 16.7. The molecular weight excluding hydrogens is 248 g/mol. The fourth-order valence-corrected chi connectivity index (χ4v) is 2.14. The predicted octanol–water partition coefficient (Wildman–Crippen LogP) is 3.67. The van der Waals surface area contributed by atoms with Crippen LogP contribution in [0.4, 0.5) is 0 Å². The summed E-state index contributed by atoms with van der Waals surface area (Å²) >= 11 is 0. The Morgan fingerprint density at radius 3 is 2.30 bits per heavy atom. The van der Waals surface area contributed by atoms with E-state index in [1.807, 2.05) is 67.7 Å². The third kappa shape index (κ3) is 2.78. The Balaban J connectivity index is 1.77. The van der Waals surface area contributed by atoms with Crippen molar-refractivity contribution in [3.05, 3.63) is 77.9 Å². The van der Waals surface area contributed by atoms with Gasteiger partial charge in [0.1, 0.15) is 0 Å². The SMILES string of the molecule is CN1OC(/C=C/c2ccccc2)=N[C@H]1c1ccccc1. The summed E-state index contributed by atoms with van der Waals surface area (Å²) in [6.45, 7) is 0. The molecule has 3 nitrogen and oxygen atoms in total. The average Bonchev–Trinajstić information content (AvgIpc) is 2.88. The Hall–Kier alpha value is -2.39. The van der Waals surface area contributed by atoms with Crippen molar-refractivity contribution in [1.82, 2.24) is 5.06 Å². The Labute approximate surface area is 118 Å². The second kappa shape index (κ2) is 5.72. The molecule has 2 aromatic rings. The number of hydroxylamine groups is 2. The van der Waals surface area contributed by atoms with Gasteiger partial charge in [0.05, 0.1) is 0 Å². The van der Waals surface area contributed by atoms with Gasteiger partial charge in [0.15, 0.2) is 6.17 Å². The highest BCUT2D eigenvalue weighted by Gasteiger charge is 2.24. The third-order valence-electron chi connectivity index (χ3n) is 3.15. The van der Waals surface area contributed by atoms with Crippen LogP contribution < -0.4 is 0 Å². The summed E-state index contributed by atoms with van der Waals surface area (Å²) in [4.78, 5) is 10.2. The molecule has 1 atom stereocenters. The van der Waals surface area contributed by atoms with Gasteiger partial charge in [0.2, 0.25) is 5.90 Å². The fraction of sp³-hybridized carbons (Fsp3) is 0.118. The molecule has 2 aromatic carbocycles. The molecule has 0 unspecified atom stereocenters. The summed E-state index contributed by atoms with van der Waals surface area (Å²) in [7, 11) is 1.89. The summed E-state index contributed by atoms with van der Waals surface area (Å²) in [6.07, 6.45) is 3.82. The van der Waals surface area contributed by atoms with Crippen LogP contribution in [0.5, 0.6) is 0 Å². The first-order valence-electron chi connectivity index (χ1n) is 6.59. The zero-order valence-electron chi connectivity index (χ0n) is 11.3. The van der Waals surface area contributed by atoms with E-state index >= 15 is 0 Å². The van der Waals surface area contributed by atoms with Crippen LogP contribution >= 0.6 is 0 Å². The molecule has 0 aromatic heterocycles. The molecule has 0 aliphatic carbocycles. The van der Waals surface area contributed by atoms with Crippen LogP contribution in [0.3, 0.4) is 0 Å². The lowest BCUT2D eigenvalue weighted by atomic mass is 10.2. The quantitative estimate of drug-likeness (QED) is 0.845. The number of aliphatic imine (C=N–C) groups is 1. The van der Waals surface area contributed by atoms with E-state index in [1.54, 1.807) is 5.06 Å². The highest BCUT2D eigenvalue weighted by molar-refractivity contribution is 5.92. The van der Waals surface area contributed by atoms with E-state index in [9.17, 15) is 0 Å². The van der Waals surface area contributed by atoms with Crippen molar-refractivity contribution in [2.45, 2.75) is 6.17 Å². The van der Waals surface area contributed by atoms with Crippen LogP contribution in [0.1, 0.15) is 17.3 Å². The molecule has 1 aliphatic heterocycles. The van der Waals surface area contributed by atoms with Crippen molar-refractivity contribution in [2.24, 2.45) is 4.99 Å². The lowest BCUT2D eigenvalue weighted by Crippen LogP contribution is -2.18. The van der Waals surface area contributed by atoms with E-state index in [-0.39, 0.29) is 6.17 Å². The normalized spacial score (nSPS) is 19.1. The average molecular weight is 264 g/mol. The van der Waals surface area contributed by atoms with Gasteiger partial charge in [-0.3, -0.25) is 0 Å². The summed E-state index contributed by atoms with van der Waals surface area (Å²) in [5, 5.41) is 1.76. The van der Waals surface area contributed by atoms with Crippen LogP contribution in [0.25, 0.3) is 6.08 Å². The number of rotatable bonds is 3. The monoisotopic (exact) mass is 264 g/mol. The van der Waals surface area contributed by atoms with Crippen LogP contribution in [0, 0.1) is 0 Å². The summed E-state index contributed by atoms with van der Waals surface area (Å²) in [5.41, 5.74) is 2.25. The van der Waals surface area contributed by atoms with Crippen LogP contribution in [0.15, 0.2) is 71.7 Å². The van der Waals surface area contributed by atoms with Crippen molar-refractivity contribution in [2.75, 3.05) is 7.05 Å². The molecule has 0 amide bonds.